The third kappa shape index (κ3) is 3.06. The topological polar surface area (TPSA) is 55.5 Å². The third-order valence-corrected chi connectivity index (χ3v) is 3.53. The molecule has 3 N–H and O–H groups in total. The summed E-state index contributed by atoms with van der Waals surface area (Å²) in [5, 5.41) is 9.92. The number of halogens is 3. The molecule has 6 heteroatoms. The Labute approximate surface area is 116 Å². The average molecular weight is 296 g/mol. The lowest BCUT2D eigenvalue weighted by molar-refractivity contribution is 0.0577. The highest BCUT2D eigenvalue weighted by atomic mass is 35.5. The zero-order valence-corrected chi connectivity index (χ0v) is 11.3. The average Bonchev–Trinajstić information content (AvgIpc) is 2.35. The largest absolute Gasteiger partial charge is 0.506 e. The van der Waals surface area contributed by atoms with Crippen molar-refractivity contribution in [2.45, 2.75) is 18.9 Å². The molecule has 0 radical (unpaired) electrons. The molecule has 102 valence electrons. The molecule has 0 bridgehead atoms. The van der Waals surface area contributed by atoms with E-state index in [1.54, 1.807) is 0 Å². The maximum absolute atomic E-state index is 13.7. The highest BCUT2D eigenvalue weighted by Gasteiger charge is 2.27. The fourth-order valence-corrected chi connectivity index (χ4v) is 2.35. The van der Waals surface area contributed by atoms with E-state index in [1.165, 1.54) is 12.1 Å². The Hall–Kier alpha value is -0.550. The van der Waals surface area contributed by atoms with E-state index < -0.39 is 11.9 Å². The van der Waals surface area contributed by atoms with Crippen molar-refractivity contribution in [1.82, 2.24) is 0 Å². The Bertz CT molecular complexity index is 411. The maximum Gasteiger partial charge on any atom is 0.141 e. The summed E-state index contributed by atoms with van der Waals surface area (Å²) < 4.78 is 18.9. The molecule has 0 saturated carbocycles. The van der Waals surface area contributed by atoms with Gasteiger partial charge in [0.1, 0.15) is 11.6 Å². The minimum Gasteiger partial charge on any atom is -0.506 e. The first-order valence-corrected chi connectivity index (χ1v) is 5.99. The molecule has 1 aliphatic heterocycles. The fraction of sp³-hybridized carbons (Fsp3) is 0.500. The van der Waals surface area contributed by atoms with E-state index >= 15 is 0 Å². The third-order valence-electron chi connectivity index (χ3n) is 3.22. The first kappa shape index (κ1) is 15.5. The fourth-order valence-electron chi connectivity index (χ4n) is 2.18. The molecule has 1 aromatic rings. The monoisotopic (exact) mass is 295 g/mol. The van der Waals surface area contributed by atoms with E-state index in [-0.39, 0.29) is 34.7 Å². The second-order valence-electron chi connectivity index (χ2n) is 4.27. The van der Waals surface area contributed by atoms with E-state index in [4.69, 9.17) is 22.1 Å². The van der Waals surface area contributed by atoms with Gasteiger partial charge in [-0.25, -0.2) is 4.39 Å². The van der Waals surface area contributed by atoms with Gasteiger partial charge in [0.05, 0.1) is 5.02 Å². The molecule has 0 unspecified atom stereocenters. The Balaban J connectivity index is 0.00000162. The van der Waals surface area contributed by atoms with Crippen LogP contribution >= 0.6 is 24.0 Å². The molecular weight excluding hydrogens is 280 g/mol. The molecule has 1 fully saturated rings. The number of hydrogen-bond donors (Lipinski definition) is 2. The van der Waals surface area contributed by atoms with Crippen LogP contribution in [-0.4, -0.2) is 18.3 Å². The minimum atomic E-state index is -0.544. The molecular formula is C12H16Cl2FNO2. The van der Waals surface area contributed by atoms with Crippen molar-refractivity contribution in [2.24, 2.45) is 11.7 Å². The van der Waals surface area contributed by atoms with E-state index in [2.05, 4.69) is 0 Å². The Morgan fingerprint density at radius 2 is 2.00 bits per heavy atom. The summed E-state index contributed by atoms with van der Waals surface area (Å²) in [7, 11) is 0. The number of rotatable bonds is 2. The molecule has 1 saturated heterocycles. The van der Waals surface area contributed by atoms with E-state index in [9.17, 15) is 9.50 Å². The van der Waals surface area contributed by atoms with Crippen molar-refractivity contribution >= 4 is 24.0 Å². The van der Waals surface area contributed by atoms with E-state index in [1.807, 2.05) is 0 Å². The van der Waals surface area contributed by atoms with Crippen molar-refractivity contribution in [1.29, 1.82) is 0 Å². The zero-order chi connectivity index (χ0) is 12.4. The van der Waals surface area contributed by atoms with Gasteiger partial charge >= 0.3 is 0 Å². The molecule has 3 nitrogen and oxygen atoms in total. The molecule has 0 aliphatic carbocycles. The lowest BCUT2D eigenvalue weighted by atomic mass is 9.87. The van der Waals surface area contributed by atoms with Crippen LogP contribution in [0.2, 0.25) is 5.02 Å². The first-order valence-electron chi connectivity index (χ1n) is 5.61. The van der Waals surface area contributed by atoms with Gasteiger partial charge in [-0.05, 0) is 30.9 Å². The molecule has 2 rings (SSSR count). The summed E-state index contributed by atoms with van der Waals surface area (Å²) >= 11 is 5.77. The van der Waals surface area contributed by atoms with Crippen molar-refractivity contribution < 1.29 is 14.2 Å². The number of nitrogens with two attached hydrogens (primary N) is 1. The van der Waals surface area contributed by atoms with Crippen LogP contribution in [0, 0.1) is 11.7 Å². The molecule has 1 aliphatic rings. The smallest absolute Gasteiger partial charge is 0.141 e. The lowest BCUT2D eigenvalue weighted by Crippen LogP contribution is -2.28. The molecule has 1 heterocycles. The normalized spacial score (nSPS) is 18.2. The van der Waals surface area contributed by atoms with Gasteiger partial charge in [-0.3, -0.25) is 0 Å². The van der Waals surface area contributed by atoms with Gasteiger partial charge < -0.3 is 15.6 Å². The van der Waals surface area contributed by atoms with E-state index in [0.717, 1.165) is 12.8 Å². The van der Waals surface area contributed by atoms with Crippen molar-refractivity contribution in [3.05, 3.63) is 28.5 Å². The second kappa shape index (κ2) is 6.57. The number of hydrogen-bond acceptors (Lipinski definition) is 3. The second-order valence-corrected chi connectivity index (χ2v) is 4.67. The summed E-state index contributed by atoms with van der Waals surface area (Å²) in [6.07, 6.45) is 1.54. The molecule has 0 spiro atoms. The van der Waals surface area contributed by atoms with Gasteiger partial charge in [0.2, 0.25) is 0 Å². The van der Waals surface area contributed by atoms with Crippen molar-refractivity contribution in [3.63, 3.8) is 0 Å². The minimum absolute atomic E-state index is 0. The number of benzene rings is 1. The Kier molecular flexibility index (Phi) is 5.66. The summed E-state index contributed by atoms with van der Waals surface area (Å²) in [6.45, 7) is 1.25. The van der Waals surface area contributed by atoms with Gasteiger partial charge in [-0.1, -0.05) is 11.6 Å². The molecule has 0 aromatic heterocycles. The van der Waals surface area contributed by atoms with Gasteiger partial charge in [0.15, 0.2) is 0 Å². The van der Waals surface area contributed by atoms with Crippen LogP contribution in [0.3, 0.4) is 0 Å². The lowest BCUT2D eigenvalue weighted by Gasteiger charge is -2.28. The van der Waals surface area contributed by atoms with Crippen LogP contribution in [0.5, 0.6) is 5.75 Å². The van der Waals surface area contributed by atoms with Crippen LogP contribution in [-0.2, 0) is 4.74 Å². The number of phenols is 1. The SMILES string of the molecule is Cl.N[C@H](c1c(F)ccc(Cl)c1O)C1CCOCC1. The van der Waals surface area contributed by atoms with Crippen LogP contribution < -0.4 is 5.73 Å². The predicted octanol–water partition coefficient (Wildman–Crippen LogP) is 3.03. The van der Waals surface area contributed by atoms with Gasteiger partial charge in [-0.2, -0.15) is 0 Å². The number of phenolic OH excluding ortho intramolecular Hbond substituents is 1. The van der Waals surface area contributed by atoms with Crippen LogP contribution in [0.15, 0.2) is 12.1 Å². The Morgan fingerprint density at radius 3 is 2.61 bits per heavy atom. The molecule has 1 atom stereocenters. The molecule has 1 aromatic carbocycles. The predicted molar refractivity (Wildman–Crippen MR) is 70.8 cm³/mol. The van der Waals surface area contributed by atoms with Gasteiger partial charge in [0, 0.05) is 24.8 Å². The summed E-state index contributed by atoms with van der Waals surface area (Å²) in [5.74, 6) is -0.640. The van der Waals surface area contributed by atoms with Crippen LogP contribution in [0.4, 0.5) is 4.39 Å². The Morgan fingerprint density at radius 1 is 1.39 bits per heavy atom. The molecule has 0 amide bonds. The van der Waals surface area contributed by atoms with Crippen LogP contribution in [0.25, 0.3) is 0 Å². The summed E-state index contributed by atoms with van der Waals surface area (Å²) in [6, 6.07) is 2.01. The highest BCUT2D eigenvalue weighted by Crippen LogP contribution is 2.38. The quantitative estimate of drug-likeness (QED) is 0.882. The van der Waals surface area contributed by atoms with Gasteiger partial charge in [0.25, 0.3) is 0 Å². The molecule has 18 heavy (non-hydrogen) atoms. The zero-order valence-electron chi connectivity index (χ0n) is 9.73. The summed E-state index contributed by atoms with van der Waals surface area (Å²) in [5.41, 5.74) is 6.14. The highest BCUT2D eigenvalue weighted by molar-refractivity contribution is 6.32. The van der Waals surface area contributed by atoms with Crippen molar-refractivity contribution in [2.75, 3.05) is 13.2 Å². The standard InChI is InChI=1S/C12H15ClFNO2.ClH/c13-8-1-2-9(14)10(12(8)16)11(15)7-3-5-17-6-4-7;/h1-2,7,11,16H,3-6,15H2;1H/t11-;/m0./s1. The number of aromatic hydroxyl groups is 1. The number of ether oxygens (including phenoxy) is 1. The first-order chi connectivity index (χ1) is 8.11. The van der Waals surface area contributed by atoms with Gasteiger partial charge in [-0.15, -0.1) is 12.4 Å². The maximum atomic E-state index is 13.7. The van der Waals surface area contributed by atoms with Crippen molar-refractivity contribution in [3.8, 4) is 5.75 Å². The van der Waals surface area contributed by atoms with E-state index in [0.29, 0.717) is 13.2 Å². The van der Waals surface area contributed by atoms with Crippen LogP contribution in [0.1, 0.15) is 24.4 Å². The summed E-state index contributed by atoms with van der Waals surface area (Å²) in [4.78, 5) is 0.